The normalized spacial score (nSPS) is 12.2. The molecule has 0 fully saturated rings. The molecule has 18 heavy (non-hydrogen) atoms. The lowest BCUT2D eigenvalue weighted by molar-refractivity contribution is 0.0772. The first-order chi connectivity index (χ1) is 8.48. The number of hydrogen-bond donors (Lipinski definition) is 1. The number of sulfone groups is 1. The van der Waals surface area contributed by atoms with E-state index in [2.05, 4.69) is 5.32 Å². The molecule has 0 aliphatic heterocycles. The van der Waals surface area contributed by atoms with Crippen LogP contribution in [-0.4, -0.2) is 59.4 Å². The smallest absolute Gasteiger partial charge is 0.151 e. The van der Waals surface area contributed by atoms with Gasteiger partial charge in [-0.3, -0.25) is 0 Å². The third-order valence-corrected chi connectivity index (χ3v) is 4.08. The monoisotopic (exact) mass is 281 g/mol. The molecule has 6 heteroatoms. The van der Waals surface area contributed by atoms with Gasteiger partial charge >= 0.3 is 0 Å². The summed E-state index contributed by atoms with van der Waals surface area (Å²) in [5, 5.41) is 3.12. The molecule has 1 N–H and O–H groups in total. The van der Waals surface area contributed by atoms with Gasteiger partial charge in [0, 0.05) is 26.9 Å². The standard InChI is InChI=1S/C12H27NO4S/c1-12(2)17-9-4-6-13-7-11-18(14,15)10-5-8-16-3/h12-13H,4-11H2,1-3H3. The van der Waals surface area contributed by atoms with Crippen LogP contribution < -0.4 is 5.32 Å². The molecular formula is C12H27NO4S. The fraction of sp³-hybridized carbons (Fsp3) is 1.00. The molecule has 0 aromatic heterocycles. The first kappa shape index (κ1) is 17.8. The minimum atomic E-state index is -2.93. The number of methoxy groups -OCH3 is 1. The topological polar surface area (TPSA) is 64.6 Å². The number of nitrogens with one attached hydrogen (secondary N) is 1. The van der Waals surface area contributed by atoms with E-state index >= 15 is 0 Å². The maximum Gasteiger partial charge on any atom is 0.151 e. The molecular weight excluding hydrogens is 254 g/mol. The molecule has 0 saturated carbocycles. The average Bonchev–Trinajstić information content (AvgIpc) is 2.27. The molecule has 0 saturated heterocycles. The maximum absolute atomic E-state index is 11.6. The highest BCUT2D eigenvalue weighted by atomic mass is 32.2. The van der Waals surface area contributed by atoms with Crippen molar-refractivity contribution in [2.45, 2.75) is 32.8 Å². The second-order valence-corrected chi connectivity index (χ2v) is 6.82. The van der Waals surface area contributed by atoms with Crippen molar-refractivity contribution in [2.24, 2.45) is 0 Å². The first-order valence-electron chi connectivity index (χ1n) is 6.49. The van der Waals surface area contributed by atoms with Crippen molar-refractivity contribution in [3.05, 3.63) is 0 Å². The Balaban J connectivity index is 3.41. The summed E-state index contributed by atoms with van der Waals surface area (Å²) in [5.74, 6) is 0.404. The van der Waals surface area contributed by atoms with Crippen molar-refractivity contribution in [1.29, 1.82) is 0 Å². The Kier molecular flexibility index (Phi) is 10.6. The Morgan fingerprint density at radius 2 is 1.78 bits per heavy atom. The predicted octanol–water partition coefficient (Wildman–Crippen LogP) is 0.842. The van der Waals surface area contributed by atoms with Crippen molar-refractivity contribution in [3.8, 4) is 0 Å². The van der Waals surface area contributed by atoms with Gasteiger partial charge in [0.15, 0.2) is 9.84 Å². The molecule has 0 aliphatic carbocycles. The van der Waals surface area contributed by atoms with E-state index in [1.165, 1.54) is 0 Å². The van der Waals surface area contributed by atoms with Gasteiger partial charge in [0.2, 0.25) is 0 Å². The van der Waals surface area contributed by atoms with Gasteiger partial charge in [0.1, 0.15) is 0 Å². The van der Waals surface area contributed by atoms with E-state index in [-0.39, 0.29) is 17.6 Å². The minimum Gasteiger partial charge on any atom is -0.385 e. The summed E-state index contributed by atoms with van der Waals surface area (Å²) >= 11 is 0. The summed E-state index contributed by atoms with van der Waals surface area (Å²) in [4.78, 5) is 0. The summed E-state index contributed by atoms with van der Waals surface area (Å²) in [6.45, 7) is 6.52. The highest BCUT2D eigenvalue weighted by Gasteiger charge is 2.09. The van der Waals surface area contributed by atoms with Crippen molar-refractivity contribution in [1.82, 2.24) is 5.32 Å². The molecule has 110 valence electrons. The van der Waals surface area contributed by atoms with Crippen LogP contribution in [-0.2, 0) is 19.3 Å². The molecule has 0 aliphatic rings. The van der Waals surface area contributed by atoms with E-state index in [1.54, 1.807) is 7.11 Å². The molecule has 0 bridgehead atoms. The molecule has 0 rings (SSSR count). The summed E-state index contributed by atoms with van der Waals surface area (Å²) in [7, 11) is -1.36. The van der Waals surface area contributed by atoms with Gasteiger partial charge in [0.05, 0.1) is 17.6 Å². The van der Waals surface area contributed by atoms with Crippen LogP contribution in [0.3, 0.4) is 0 Å². The Labute approximate surface area is 111 Å². The Hall–Kier alpha value is -0.170. The predicted molar refractivity (Wildman–Crippen MR) is 73.7 cm³/mol. The fourth-order valence-corrected chi connectivity index (χ4v) is 2.61. The summed E-state index contributed by atoms with van der Waals surface area (Å²) in [5.41, 5.74) is 0. The highest BCUT2D eigenvalue weighted by Crippen LogP contribution is 1.94. The molecule has 0 heterocycles. The zero-order valence-electron chi connectivity index (χ0n) is 11.8. The van der Waals surface area contributed by atoms with Gasteiger partial charge in [-0.15, -0.1) is 0 Å². The molecule has 0 unspecified atom stereocenters. The molecule has 5 nitrogen and oxygen atoms in total. The van der Waals surface area contributed by atoms with Crippen molar-refractivity contribution in [3.63, 3.8) is 0 Å². The number of rotatable bonds is 12. The van der Waals surface area contributed by atoms with E-state index in [9.17, 15) is 8.42 Å². The van der Waals surface area contributed by atoms with Gasteiger partial charge in [-0.25, -0.2) is 8.42 Å². The maximum atomic E-state index is 11.6. The Bertz CT molecular complexity index is 278. The molecule has 0 atom stereocenters. The lowest BCUT2D eigenvalue weighted by Gasteiger charge is -2.08. The van der Waals surface area contributed by atoms with Gasteiger partial charge in [0.25, 0.3) is 0 Å². The van der Waals surface area contributed by atoms with E-state index in [0.717, 1.165) is 13.0 Å². The Morgan fingerprint density at radius 1 is 1.06 bits per heavy atom. The van der Waals surface area contributed by atoms with Crippen LogP contribution in [0.5, 0.6) is 0 Å². The van der Waals surface area contributed by atoms with E-state index in [0.29, 0.717) is 26.2 Å². The van der Waals surface area contributed by atoms with E-state index < -0.39 is 9.84 Å². The minimum absolute atomic E-state index is 0.196. The molecule has 0 aromatic carbocycles. The summed E-state index contributed by atoms with van der Waals surface area (Å²) < 4.78 is 33.3. The second kappa shape index (κ2) is 10.7. The average molecular weight is 281 g/mol. The third-order valence-electron chi connectivity index (χ3n) is 2.34. The number of ether oxygens (including phenoxy) is 2. The quantitative estimate of drug-likeness (QED) is 0.537. The van der Waals surface area contributed by atoms with Gasteiger partial charge in [-0.05, 0) is 33.2 Å². The largest absolute Gasteiger partial charge is 0.385 e. The van der Waals surface area contributed by atoms with Crippen LogP contribution in [0.15, 0.2) is 0 Å². The fourth-order valence-electron chi connectivity index (χ4n) is 1.39. The van der Waals surface area contributed by atoms with Gasteiger partial charge < -0.3 is 14.8 Å². The van der Waals surface area contributed by atoms with Gasteiger partial charge in [-0.2, -0.15) is 0 Å². The van der Waals surface area contributed by atoms with E-state index in [4.69, 9.17) is 9.47 Å². The van der Waals surface area contributed by atoms with Crippen molar-refractivity contribution >= 4 is 9.84 Å². The van der Waals surface area contributed by atoms with Crippen LogP contribution in [0.1, 0.15) is 26.7 Å². The van der Waals surface area contributed by atoms with Crippen LogP contribution >= 0.6 is 0 Å². The second-order valence-electron chi connectivity index (χ2n) is 4.52. The van der Waals surface area contributed by atoms with Crippen LogP contribution in [0.2, 0.25) is 0 Å². The molecule has 0 aromatic rings. The molecule has 0 spiro atoms. The summed E-state index contributed by atoms with van der Waals surface area (Å²) in [6, 6.07) is 0. The zero-order valence-corrected chi connectivity index (χ0v) is 12.6. The van der Waals surface area contributed by atoms with Crippen molar-refractivity contribution in [2.75, 3.05) is 44.9 Å². The van der Waals surface area contributed by atoms with Crippen LogP contribution in [0.4, 0.5) is 0 Å². The number of hydrogen-bond acceptors (Lipinski definition) is 5. The van der Waals surface area contributed by atoms with Gasteiger partial charge in [-0.1, -0.05) is 0 Å². The van der Waals surface area contributed by atoms with Crippen molar-refractivity contribution < 1.29 is 17.9 Å². The SMILES string of the molecule is COCCCS(=O)(=O)CCNCCCOC(C)C. The summed E-state index contributed by atoms with van der Waals surface area (Å²) in [6.07, 6.45) is 1.73. The van der Waals surface area contributed by atoms with E-state index in [1.807, 2.05) is 13.8 Å². The third kappa shape index (κ3) is 12.3. The first-order valence-corrected chi connectivity index (χ1v) is 8.32. The molecule has 0 amide bonds. The van der Waals surface area contributed by atoms with Crippen LogP contribution in [0.25, 0.3) is 0 Å². The highest BCUT2D eigenvalue weighted by molar-refractivity contribution is 7.91. The molecule has 0 radical (unpaired) electrons. The van der Waals surface area contributed by atoms with Crippen LogP contribution in [0, 0.1) is 0 Å². The lowest BCUT2D eigenvalue weighted by atomic mass is 10.4. The zero-order chi connectivity index (χ0) is 13.9. The Morgan fingerprint density at radius 3 is 2.39 bits per heavy atom. The lowest BCUT2D eigenvalue weighted by Crippen LogP contribution is -2.26.